The van der Waals surface area contributed by atoms with Crippen LogP contribution in [0.15, 0.2) is 38.8 Å². The quantitative estimate of drug-likeness (QED) is 0.781. The first-order valence-electron chi connectivity index (χ1n) is 7.32. The summed E-state index contributed by atoms with van der Waals surface area (Å²) in [5, 5.41) is 4.19. The van der Waals surface area contributed by atoms with Gasteiger partial charge in [-0.25, -0.2) is 9.97 Å². The smallest absolute Gasteiger partial charge is 0.223 e. The topological polar surface area (TPSA) is 37.8 Å². The van der Waals surface area contributed by atoms with Crippen molar-refractivity contribution in [2.45, 2.75) is 42.5 Å². The number of halogens is 1. The number of rotatable bonds is 5. The Hall–Kier alpha value is -1.07. The highest BCUT2D eigenvalue weighted by Gasteiger charge is 2.13. The van der Waals surface area contributed by atoms with Crippen LogP contribution >= 0.6 is 27.7 Å². The second kappa shape index (κ2) is 6.79. The molecule has 3 rings (SSSR count). The number of benzene rings is 1. The summed E-state index contributed by atoms with van der Waals surface area (Å²) in [6, 6.07) is 6.76. The van der Waals surface area contributed by atoms with Crippen LogP contribution < -0.4 is 5.32 Å². The molecule has 0 atom stereocenters. The second-order valence-electron chi connectivity index (χ2n) is 5.16. The van der Waals surface area contributed by atoms with Crippen LogP contribution in [0.1, 0.15) is 30.9 Å². The third-order valence-electron chi connectivity index (χ3n) is 3.53. The van der Waals surface area contributed by atoms with Crippen molar-refractivity contribution in [3.05, 3.63) is 40.0 Å². The fourth-order valence-corrected chi connectivity index (χ4v) is 3.75. The Bertz CT molecular complexity index is 645. The van der Waals surface area contributed by atoms with Crippen LogP contribution in [0.2, 0.25) is 0 Å². The average molecular weight is 364 g/mol. The molecule has 1 aromatic heterocycles. The molecular formula is C16H18BrN3S. The van der Waals surface area contributed by atoms with Crippen LogP contribution in [0.25, 0.3) is 0 Å². The van der Waals surface area contributed by atoms with E-state index < -0.39 is 0 Å². The zero-order chi connectivity index (χ0) is 14.7. The summed E-state index contributed by atoms with van der Waals surface area (Å²) >= 11 is 5.23. The average Bonchev–Trinajstić information content (AvgIpc) is 2.95. The Kier molecular flexibility index (Phi) is 4.80. The maximum Gasteiger partial charge on any atom is 0.223 e. The summed E-state index contributed by atoms with van der Waals surface area (Å²) in [5.41, 5.74) is 3.00. The second-order valence-corrected chi connectivity index (χ2v) is 7.08. The van der Waals surface area contributed by atoms with Crippen LogP contribution in [0.4, 0.5) is 5.95 Å². The van der Waals surface area contributed by atoms with Crippen molar-refractivity contribution in [2.24, 2.45) is 0 Å². The van der Waals surface area contributed by atoms with Crippen molar-refractivity contribution in [1.82, 2.24) is 9.97 Å². The summed E-state index contributed by atoms with van der Waals surface area (Å²) in [4.78, 5) is 10.1. The Labute approximate surface area is 138 Å². The predicted molar refractivity (Wildman–Crippen MR) is 91.1 cm³/mol. The van der Waals surface area contributed by atoms with Gasteiger partial charge in [0.2, 0.25) is 5.95 Å². The number of fused-ring (bicyclic) bond motifs is 1. The van der Waals surface area contributed by atoms with Crippen molar-refractivity contribution in [1.29, 1.82) is 0 Å². The molecule has 1 N–H and O–H groups in total. The van der Waals surface area contributed by atoms with Gasteiger partial charge in [-0.05, 0) is 64.9 Å². The largest absolute Gasteiger partial charge is 0.354 e. The van der Waals surface area contributed by atoms with E-state index >= 15 is 0 Å². The molecule has 0 saturated heterocycles. The molecule has 0 radical (unpaired) electrons. The number of anilines is 1. The molecule has 0 saturated carbocycles. The Morgan fingerprint density at radius 2 is 2.14 bits per heavy atom. The van der Waals surface area contributed by atoms with Crippen LogP contribution in [-0.4, -0.2) is 16.5 Å². The first-order chi connectivity index (χ1) is 10.3. The molecule has 2 aromatic rings. The van der Waals surface area contributed by atoms with E-state index in [0.29, 0.717) is 5.95 Å². The molecule has 1 aliphatic rings. The third kappa shape index (κ3) is 3.58. The maximum atomic E-state index is 4.59. The van der Waals surface area contributed by atoms with Gasteiger partial charge in [-0.2, -0.15) is 0 Å². The molecule has 1 aliphatic carbocycles. The van der Waals surface area contributed by atoms with Crippen molar-refractivity contribution in [2.75, 3.05) is 11.9 Å². The molecule has 0 unspecified atom stereocenters. The molecular weight excluding hydrogens is 346 g/mol. The number of aryl methyl sites for hydroxylation is 2. The minimum atomic E-state index is 0.698. The van der Waals surface area contributed by atoms with Crippen LogP contribution in [0.5, 0.6) is 0 Å². The monoisotopic (exact) mass is 363 g/mol. The molecule has 5 heteroatoms. The van der Waals surface area contributed by atoms with Crippen LogP contribution in [0, 0.1) is 0 Å². The van der Waals surface area contributed by atoms with Gasteiger partial charge in [0.25, 0.3) is 0 Å². The zero-order valence-electron chi connectivity index (χ0n) is 12.0. The van der Waals surface area contributed by atoms with Gasteiger partial charge < -0.3 is 5.32 Å². The van der Waals surface area contributed by atoms with Gasteiger partial charge >= 0.3 is 0 Å². The molecule has 1 heterocycles. The lowest BCUT2D eigenvalue weighted by Gasteiger charge is -2.08. The molecule has 21 heavy (non-hydrogen) atoms. The van der Waals surface area contributed by atoms with Crippen molar-refractivity contribution >= 4 is 33.6 Å². The number of nitrogens with zero attached hydrogens (tertiary/aromatic N) is 2. The number of nitrogens with one attached hydrogen (secondary N) is 1. The van der Waals surface area contributed by atoms with Crippen LogP contribution in [-0.2, 0) is 12.8 Å². The van der Waals surface area contributed by atoms with Crippen molar-refractivity contribution in [3.63, 3.8) is 0 Å². The normalized spacial score (nSPS) is 13.2. The van der Waals surface area contributed by atoms with Gasteiger partial charge in [0, 0.05) is 17.6 Å². The lowest BCUT2D eigenvalue weighted by Crippen LogP contribution is -2.04. The maximum absolute atomic E-state index is 4.59. The van der Waals surface area contributed by atoms with Crippen molar-refractivity contribution < 1.29 is 0 Å². The van der Waals surface area contributed by atoms with Gasteiger partial charge in [-0.3, -0.25) is 0 Å². The first-order valence-corrected chi connectivity index (χ1v) is 8.93. The first kappa shape index (κ1) is 14.9. The Balaban J connectivity index is 1.80. The van der Waals surface area contributed by atoms with E-state index in [9.17, 15) is 0 Å². The summed E-state index contributed by atoms with van der Waals surface area (Å²) in [7, 11) is 0. The molecule has 0 spiro atoms. The fraction of sp³-hybridized carbons (Fsp3) is 0.375. The van der Waals surface area contributed by atoms with Gasteiger partial charge in [-0.1, -0.05) is 24.8 Å². The molecule has 0 aliphatic heterocycles. The molecule has 0 bridgehead atoms. The molecule has 1 aromatic carbocycles. The minimum absolute atomic E-state index is 0.698. The summed E-state index contributed by atoms with van der Waals surface area (Å²) in [6.07, 6.45) is 6.60. The summed E-state index contributed by atoms with van der Waals surface area (Å²) in [6.45, 7) is 3.02. The highest BCUT2D eigenvalue weighted by Crippen LogP contribution is 2.34. The van der Waals surface area contributed by atoms with E-state index in [1.807, 2.05) is 6.20 Å². The van der Waals surface area contributed by atoms with Gasteiger partial charge in [0.05, 0.1) is 4.47 Å². The lowest BCUT2D eigenvalue weighted by molar-refractivity contribution is 0.911. The number of hydrogen-bond donors (Lipinski definition) is 1. The Morgan fingerprint density at radius 3 is 3.00 bits per heavy atom. The van der Waals surface area contributed by atoms with E-state index in [2.05, 4.69) is 56.3 Å². The van der Waals surface area contributed by atoms with Gasteiger partial charge in [0.1, 0.15) is 5.03 Å². The highest BCUT2D eigenvalue weighted by molar-refractivity contribution is 9.10. The van der Waals surface area contributed by atoms with Gasteiger partial charge in [0.15, 0.2) is 0 Å². The van der Waals surface area contributed by atoms with E-state index in [0.717, 1.165) is 22.5 Å². The van der Waals surface area contributed by atoms with E-state index in [1.54, 1.807) is 11.8 Å². The van der Waals surface area contributed by atoms with E-state index in [-0.39, 0.29) is 0 Å². The van der Waals surface area contributed by atoms with Crippen molar-refractivity contribution in [3.8, 4) is 0 Å². The summed E-state index contributed by atoms with van der Waals surface area (Å²) in [5.74, 6) is 0.698. The van der Waals surface area contributed by atoms with Gasteiger partial charge in [-0.15, -0.1) is 0 Å². The van der Waals surface area contributed by atoms with E-state index in [4.69, 9.17) is 0 Å². The number of aromatic nitrogens is 2. The standard InChI is InChI=1S/C16H18BrN3S/c1-2-8-18-16-19-10-14(17)15(20-16)21-13-7-6-11-4-3-5-12(11)9-13/h6-7,9-10H,2-5,8H2,1H3,(H,18,19,20). The lowest BCUT2D eigenvalue weighted by atomic mass is 10.1. The molecule has 0 fully saturated rings. The zero-order valence-corrected chi connectivity index (χ0v) is 14.4. The SMILES string of the molecule is CCCNc1ncc(Br)c(Sc2ccc3c(c2)CCC3)n1. The molecule has 0 amide bonds. The highest BCUT2D eigenvalue weighted by atomic mass is 79.9. The van der Waals surface area contributed by atoms with Crippen LogP contribution in [0.3, 0.4) is 0 Å². The summed E-state index contributed by atoms with van der Waals surface area (Å²) < 4.78 is 0.940. The molecule has 110 valence electrons. The minimum Gasteiger partial charge on any atom is -0.354 e. The Morgan fingerprint density at radius 1 is 1.29 bits per heavy atom. The predicted octanol–water partition coefficient (Wildman–Crippen LogP) is 4.70. The number of hydrogen-bond acceptors (Lipinski definition) is 4. The molecule has 3 nitrogen and oxygen atoms in total. The fourth-order valence-electron chi connectivity index (χ4n) is 2.47. The van der Waals surface area contributed by atoms with E-state index in [1.165, 1.54) is 35.3 Å². The third-order valence-corrected chi connectivity index (χ3v) is 5.37.